The summed E-state index contributed by atoms with van der Waals surface area (Å²) in [5, 5.41) is 9.09. The Labute approximate surface area is 244 Å². The zero-order valence-electron chi connectivity index (χ0n) is 23.3. The van der Waals surface area contributed by atoms with Crippen molar-refractivity contribution in [1.29, 1.82) is 0 Å². The molecule has 0 bridgehead atoms. The van der Waals surface area contributed by atoms with E-state index < -0.39 is 6.16 Å². The van der Waals surface area contributed by atoms with E-state index in [0.29, 0.717) is 35.4 Å². The Hall–Kier alpha value is -5.11. The first-order valence-corrected chi connectivity index (χ1v) is 14.0. The maximum Gasteiger partial charge on any atom is 0.511 e. The highest BCUT2D eigenvalue weighted by Gasteiger charge is 2.21. The lowest BCUT2D eigenvalue weighted by Gasteiger charge is -2.15. The lowest BCUT2D eigenvalue weighted by molar-refractivity contribution is -0.107. The number of para-hydroxylation sites is 1. The number of rotatable bonds is 10. The molecule has 0 radical (unpaired) electrons. The van der Waals surface area contributed by atoms with E-state index in [9.17, 15) is 14.4 Å². The highest BCUT2D eigenvalue weighted by atomic mass is 16.7. The Morgan fingerprint density at radius 3 is 2.55 bits per heavy atom. The minimum Gasteiger partial charge on any atom is -0.449 e. The number of allylic oxidation sites excluding steroid dienone is 1. The van der Waals surface area contributed by atoms with Crippen molar-refractivity contribution in [1.82, 2.24) is 9.55 Å². The van der Waals surface area contributed by atoms with Gasteiger partial charge in [-0.25, -0.2) is 14.8 Å². The number of ether oxygens (including phenoxy) is 1. The lowest BCUT2D eigenvalue weighted by atomic mass is 10.0. The summed E-state index contributed by atoms with van der Waals surface area (Å²) in [6, 6.07) is 22.0. The molecule has 4 aromatic rings. The molecule has 0 unspecified atom stereocenters. The zero-order valence-corrected chi connectivity index (χ0v) is 23.3. The number of amides is 1. The van der Waals surface area contributed by atoms with Gasteiger partial charge in [-0.05, 0) is 47.4 Å². The summed E-state index contributed by atoms with van der Waals surface area (Å²) >= 11 is 0. The van der Waals surface area contributed by atoms with Crippen molar-refractivity contribution in [3.63, 3.8) is 0 Å². The van der Waals surface area contributed by atoms with E-state index in [1.807, 2.05) is 48.6 Å². The van der Waals surface area contributed by atoms with Crippen LogP contribution in [0.3, 0.4) is 0 Å². The van der Waals surface area contributed by atoms with Crippen LogP contribution in [0.4, 0.5) is 4.79 Å². The molecule has 0 fully saturated rings. The Balaban J connectivity index is 1.42. The van der Waals surface area contributed by atoms with E-state index in [1.165, 1.54) is 0 Å². The topological polar surface area (TPSA) is 111 Å². The fraction of sp³-hybridized carbons (Fsp3) is 0.206. The highest BCUT2D eigenvalue weighted by Crippen LogP contribution is 2.31. The molecule has 5 rings (SSSR count). The van der Waals surface area contributed by atoms with E-state index in [4.69, 9.17) is 14.8 Å². The molecule has 0 aliphatic heterocycles. The second-order valence-corrected chi connectivity index (χ2v) is 10.1. The van der Waals surface area contributed by atoms with Crippen LogP contribution >= 0.6 is 0 Å². The number of fused-ring (bicyclic) bond motifs is 1. The number of imidazole rings is 1. The van der Waals surface area contributed by atoms with Crippen LogP contribution in [0.5, 0.6) is 5.75 Å². The molecule has 1 N–H and O–H groups in total. The molecule has 212 valence electrons. The number of aldehydes is 1. The molecule has 1 aromatic heterocycles. The normalized spacial score (nSPS) is 13.1. The number of aliphatic imine (C=N–C) groups is 1. The number of aromatic nitrogens is 2. The number of benzene rings is 3. The summed E-state index contributed by atoms with van der Waals surface area (Å²) in [7, 11) is 0. The van der Waals surface area contributed by atoms with Crippen molar-refractivity contribution in [2.24, 2.45) is 4.99 Å². The predicted molar refractivity (Wildman–Crippen MR) is 161 cm³/mol. The summed E-state index contributed by atoms with van der Waals surface area (Å²) in [5.41, 5.74) is 6.22. The van der Waals surface area contributed by atoms with Crippen molar-refractivity contribution < 1.29 is 24.2 Å². The van der Waals surface area contributed by atoms with Gasteiger partial charge in [0.1, 0.15) is 17.9 Å². The number of hydrogen-bond acceptors (Lipinski definition) is 5. The molecule has 0 saturated heterocycles. The van der Waals surface area contributed by atoms with Gasteiger partial charge in [0.25, 0.3) is 5.91 Å². The monoisotopic (exact) mass is 561 g/mol. The standard InChI is InChI=1S/C34H31N3O5/c1-2-3-12-32-36-29-18-17-26(35-33(39)28-10-5-4-8-24(28)19-20-38)21-30(29)37(32)22-23-13-15-25(16-14-23)27-9-6-7-11-31(27)42-34(40)41/h4-11,13-18,20H,2-3,12,19,21-22H2,1H3,(H,40,41). The largest absolute Gasteiger partial charge is 0.511 e. The number of carbonyl (C=O) groups is 3. The molecular formula is C34H31N3O5. The predicted octanol–water partition coefficient (Wildman–Crippen LogP) is 6.59. The Morgan fingerprint density at radius 1 is 1.02 bits per heavy atom. The van der Waals surface area contributed by atoms with E-state index >= 15 is 0 Å². The van der Waals surface area contributed by atoms with Gasteiger partial charge in [0.05, 0.1) is 17.1 Å². The maximum atomic E-state index is 13.1. The van der Waals surface area contributed by atoms with E-state index in [-0.39, 0.29) is 18.1 Å². The second-order valence-electron chi connectivity index (χ2n) is 10.1. The summed E-state index contributed by atoms with van der Waals surface area (Å²) in [5.74, 6) is 0.903. The molecule has 1 aliphatic rings. The number of hydrogen-bond donors (Lipinski definition) is 1. The van der Waals surface area contributed by atoms with Gasteiger partial charge in [-0.1, -0.05) is 74.0 Å². The van der Waals surface area contributed by atoms with Crippen LogP contribution in [-0.4, -0.2) is 38.7 Å². The minimum atomic E-state index is -1.35. The zero-order chi connectivity index (χ0) is 29.5. The first kappa shape index (κ1) is 28.4. The number of carbonyl (C=O) groups excluding carboxylic acids is 2. The van der Waals surface area contributed by atoms with Gasteiger partial charge in [-0.2, -0.15) is 0 Å². The summed E-state index contributed by atoms with van der Waals surface area (Å²) in [6.45, 7) is 2.74. The molecule has 1 heterocycles. The lowest BCUT2D eigenvalue weighted by Crippen LogP contribution is -2.15. The van der Waals surface area contributed by atoms with Gasteiger partial charge in [0.2, 0.25) is 0 Å². The van der Waals surface area contributed by atoms with Crippen molar-refractivity contribution in [2.45, 2.75) is 45.6 Å². The average Bonchev–Trinajstić information content (AvgIpc) is 3.33. The quantitative estimate of drug-likeness (QED) is 0.133. The molecule has 0 spiro atoms. The first-order valence-electron chi connectivity index (χ1n) is 14.0. The highest BCUT2D eigenvalue weighted by molar-refractivity contribution is 6.11. The Kier molecular flexibility index (Phi) is 8.82. The van der Waals surface area contributed by atoms with Gasteiger partial charge < -0.3 is 19.2 Å². The Bertz CT molecular complexity index is 1680. The average molecular weight is 562 g/mol. The molecule has 42 heavy (non-hydrogen) atoms. The Morgan fingerprint density at radius 2 is 1.79 bits per heavy atom. The van der Waals surface area contributed by atoms with Crippen molar-refractivity contribution in [2.75, 3.05) is 0 Å². The maximum absolute atomic E-state index is 13.1. The van der Waals surface area contributed by atoms with E-state index in [1.54, 1.807) is 36.4 Å². The van der Waals surface area contributed by atoms with Crippen LogP contribution in [-0.2, 0) is 30.6 Å². The number of unbranched alkanes of at least 4 members (excludes halogenated alkanes) is 1. The molecule has 1 amide bonds. The fourth-order valence-corrected chi connectivity index (χ4v) is 5.12. The number of carboxylic acid groups (broad SMARTS) is 1. The molecule has 1 aliphatic carbocycles. The van der Waals surface area contributed by atoms with Gasteiger partial charge in [0, 0.05) is 36.9 Å². The van der Waals surface area contributed by atoms with Crippen LogP contribution in [0, 0.1) is 0 Å². The minimum absolute atomic E-state index is 0.164. The van der Waals surface area contributed by atoms with Gasteiger partial charge in [-0.3, -0.25) is 4.79 Å². The van der Waals surface area contributed by atoms with Crippen LogP contribution in [0.25, 0.3) is 17.2 Å². The summed E-state index contributed by atoms with van der Waals surface area (Å²) in [4.78, 5) is 44.6. The van der Waals surface area contributed by atoms with E-state index in [0.717, 1.165) is 53.9 Å². The van der Waals surface area contributed by atoms with Gasteiger partial charge in [0.15, 0.2) is 0 Å². The number of aryl methyl sites for hydroxylation is 1. The second kappa shape index (κ2) is 13.0. The van der Waals surface area contributed by atoms with Gasteiger partial charge >= 0.3 is 6.16 Å². The molecule has 3 aromatic carbocycles. The SMILES string of the molecule is CCCCc1nc2c(n1Cc1ccc(-c3ccccc3OC(=O)O)cc1)CC(=NC(=O)c1ccccc1CC=O)C=C2. The molecule has 8 nitrogen and oxygen atoms in total. The van der Waals surface area contributed by atoms with Crippen molar-refractivity contribution in [3.05, 3.63) is 113 Å². The van der Waals surface area contributed by atoms with Crippen molar-refractivity contribution in [3.8, 4) is 16.9 Å². The van der Waals surface area contributed by atoms with E-state index in [2.05, 4.69) is 16.5 Å². The smallest absolute Gasteiger partial charge is 0.449 e. The summed E-state index contributed by atoms with van der Waals surface area (Å²) < 4.78 is 7.18. The third-order valence-electron chi connectivity index (χ3n) is 7.20. The molecule has 0 atom stereocenters. The van der Waals surface area contributed by atoms with Crippen LogP contribution in [0.2, 0.25) is 0 Å². The number of nitrogens with zero attached hydrogens (tertiary/aromatic N) is 3. The molecular weight excluding hydrogens is 530 g/mol. The third-order valence-corrected chi connectivity index (χ3v) is 7.20. The van der Waals surface area contributed by atoms with Crippen LogP contribution in [0.1, 0.15) is 58.5 Å². The van der Waals surface area contributed by atoms with Crippen LogP contribution in [0.15, 0.2) is 83.9 Å². The third kappa shape index (κ3) is 6.44. The van der Waals surface area contributed by atoms with Crippen LogP contribution < -0.4 is 4.74 Å². The van der Waals surface area contributed by atoms with Crippen molar-refractivity contribution >= 4 is 30.1 Å². The summed E-state index contributed by atoms with van der Waals surface area (Å²) in [6.07, 6.45) is 6.70. The molecule has 8 heteroatoms. The molecule has 0 saturated carbocycles. The fourth-order valence-electron chi connectivity index (χ4n) is 5.12. The first-order chi connectivity index (χ1) is 20.5. The van der Waals surface area contributed by atoms with Gasteiger partial charge in [-0.15, -0.1) is 0 Å².